The molecule has 19 heavy (non-hydrogen) atoms. The van der Waals surface area contributed by atoms with E-state index in [4.69, 9.17) is 4.74 Å². The van der Waals surface area contributed by atoms with Gasteiger partial charge in [-0.25, -0.2) is 14.6 Å². The van der Waals surface area contributed by atoms with Gasteiger partial charge in [-0.05, 0) is 13.0 Å². The molecule has 0 aliphatic carbocycles. The van der Waals surface area contributed by atoms with Crippen molar-refractivity contribution in [1.29, 1.82) is 0 Å². The van der Waals surface area contributed by atoms with E-state index in [1.807, 2.05) is 17.7 Å². The largest absolute Gasteiger partial charge is 0.368 e. The highest BCUT2D eigenvalue weighted by molar-refractivity contribution is 5.34. The lowest BCUT2D eigenvalue weighted by molar-refractivity contribution is -0.00255. The van der Waals surface area contributed by atoms with Crippen molar-refractivity contribution in [3.8, 4) is 0 Å². The Kier molecular flexibility index (Phi) is 2.28. The zero-order chi connectivity index (χ0) is 12.8. The number of anilines is 1. The molecule has 0 N–H and O–H groups in total. The monoisotopic (exact) mass is 258 g/mol. The molecule has 4 heterocycles. The Morgan fingerprint density at radius 2 is 2.32 bits per heavy atom. The van der Waals surface area contributed by atoms with E-state index in [2.05, 4.69) is 25.2 Å². The third-order valence-corrected chi connectivity index (χ3v) is 3.71. The molecule has 0 bridgehead atoms. The first-order chi connectivity index (χ1) is 9.31. The van der Waals surface area contributed by atoms with E-state index >= 15 is 0 Å². The molecule has 1 fully saturated rings. The van der Waals surface area contributed by atoms with Crippen molar-refractivity contribution in [2.75, 3.05) is 18.0 Å². The predicted molar refractivity (Wildman–Crippen MR) is 66.6 cm³/mol. The first kappa shape index (κ1) is 10.9. The Labute approximate surface area is 110 Å². The first-order valence-electron chi connectivity index (χ1n) is 6.36. The fourth-order valence-corrected chi connectivity index (χ4v) is 2.75. The fourth-order valence-electron chi connectivity index (χ4n) is 2.75. The molecule has 7 nitrogen and oxygen atoms in total. The molecule has 7 heteroatoms. The fraction of sp³-hybridized carbons (Fsp3) is 0.500. The molecule has 1 saturated heterocycles. The van der Waals surface area contributed by atoms with Gasteiger partial charge in [-0.2, -0.15) is 0 Å². The van der Waals surface area contributed by atoms with Crippen LogP contribution in [0.25, 0.3) is 0 Å². The van der Waals surface area contributed by atoms with Gasteiger partial charge in [0.25, 0.3) is 0 Å². The van der Waals surface area contributed by atoms with E-state index in [0.717, 1.165) is 30.4 Å². The van der Waals surface area contributed by atoms with Crippen LogP contribution in [0.15, 0.2) is 18.5 Å². The van der Waals surface area contributed by atoms with Crippen molar-refractivity contribution in [1.82, 2.24) is 25.0 Å². The Hall–Kier alpha value is -2.02. The number of hydrogen-bond donors (Lipinski definition) is 0. The smallest absolute Gasteiger partial charge is 0.225 e. The van der Waals surface area contributed by atoms with E-state index < -0.39 is 0 Å². The zero-order valence-corrected chi connectivity index (χ0v) is 10.6. The van der Waals surface area contributed by atoms with Crippen molar-refractivity contribution in [2.24, 2.45) is 0 Å². The summed E-state index contributed by atoms with van der Waals surface area (Å²) < 4.78 is 7.85. The lowest BCUT2D eigenvalue weighted by atomic mass is 10.2. The van der Waals surface area contributed by atoms with Crippen molar-refractivity contribution < 1.29 is 4.74 Å². The number of nitrogens with zero attached hydrogens (tertiary/aromatic N) is 6. The van der Waals surface area contributed by atoms with E-state index in [-0.39, 0.29) is 12.1 Å². The number of ether oxygens (including phenoxy) is 1. The number of hydrogen-bond acceptors (Lipinski definition) is 6. The molecular weight excluding hydrogens is 244 g/mol. The molecule has 2 aliphatic heterocycles. The summed E-state index contributed by atoms with van der Waals surface area (Å²) in [5.74, 6) is 0.764. The Morgan fingerprint density at radius 1 is 1.37 bits per heavy atom. The van der Waals surface area contributed by atoms with Crippen LogP contribution >= 0.6 is 0 Å². The molecule has 0 aromatic carbocycles. The highest BCUT2D eigenvalue weighted by Crippen LogP contribution is 2.31. The maximum atomic E-state index is 5.87. The molecule has 4 rings (SSSR count). The minimum Gasteiger partial charge on any atom is -0.368 e. The lowest BCUT2D eigenvalue weighted by Crippen LogP contribution is -2.32. The molecule has 98 valence electrons. The zero-order valence-electron chi connectivity index (χ0n) is 10.6. The van der Waals surface area contributed by atoms with Gasteiger partial charge in [-0.3, -0.25) is 0 Å². The van der Waals surface area contributed by atoms with Crippen LogP contribution in [-0.4, -0.2) is 44.2 Å². The topological polar surface area (TPSA) is 69.0 Å². The van der Waals surface area contributed by atoms with Crippen LogP contribution in [0.4, 0.5) is 5.95 Å². The van der Waals surface area contributed by atoms with Gasteiger partial charge in [0.1, 0.15) is 0 Å². The molecule has 2 aromatic heterocycles. The second-order valence-electron chi connectivity index (χ2n) is 4.99. The SMILES string of the molecule is Cc1ccnc(N2CC3OCc4cnnn4[C@@H]3C2)n1. The number of aryl methyl sites for hydroxylation is 1. The third-order valence-electron chi connectivity index (χ3n) is 3.71. The van der Waals surface area contributed by atoms with Crippen molar-refractivity contribution in [3.05, 3.63) is 29.8 Å². The summed E-state index contributed by atoms with van der Waals surface area (Å²) in [6.45, 7) is 4.16. The molecule has 0 saturated carbocycles. The summed E-state index contributed by atoms with van der Waals surface area (Å²) in [4.78, 5) is 11.0. The van der Waals surface area contributed by atoms with E-state index in [1.54, 1.807) is 12.4 Å². The second kappa shape index (κ2) is 3.99. The van der Waals surface area contributed by atoms with Gasteiger partial charge in [0.05, 0.1) is 30.6 Å². The average molecular weight is 258 g/mol. The van der Waals surface area contributed by atoms with E-state index in [9.17, 15) is 0 Å². The van der Waals surface area contributed by atoms with Gasteiger partial charge in [0.2, 0.25) is 5.95 Å². The number of aromatic nitrogens is 5. The molecular formula is C12H14N6O. The molecule has 1 unspecified atom stereocenters. The summed E-state index contributed by atoms with van der Waals surface area (Å²) in [5.41, 5.74) is 2.01. The molecule has 0 radical (unpaired) electrons. The van der Waals surface area contributed by atoms with E-state index in [1.165, 1.54) is 0 Å². The van der Waals surface area contributed by atoms with Gasteiger partial charge in [0, 0.05) is 25.0 Å². The maximum Gasteiger partial charge on any atom is 0.225 e. The summed E-state index contributed by atoms with van der Waals surface area (Å²) in [6.07, 6.45) is 3.70. The standard InChI is InChI=1S/C12H14N6O/c1-8-2-3-13-12(15-8)17-5-10-11(6-17)19-7-9-4-14-16-18(9)10/h2-4,10-11H,5-7H2,1H3/t10-,11?/m1/s1. The molecule has 2 aromatic rings. The van der Waals surface area contributed by atoms with Crippen molar-refractivity contribution >= 4 is 5.95 Å². The van der Waals surface area contributed by atoms with Gasteiger partial charge in [-0.15, -0.1) is 5.10 Å². The highest BCUT2D eigenvalue weighted by Gasteiger charge is 2.40. The second-order valence-corrected chi connectivity index (χ2v) is 4.99. The van der Waals surface area contributed by atoms with Crippen molar-refractivity contribution in [2.45, 2.75) is 25.7 Å². The minimum atomic E-state index is 0.137. The molecule has 0 spiro atoms. The number of rotatable bonds is 1. The summed E-state index contributed by atoms with van der Waals surface area (Å²) in [5, 5.41) is 8.12. The Balaban J connectivity index is 1.64. The Bertz CT molecular complexity index is 612. The van der Waals surface area contributed by atoms with Crippen LogP contribution in [-0.2, 0) is 11.3 Å². The molecule has 2 aliphatic rings. The van der Waals surface area contributed by atoms with Gasteiger partial charge in [0.15, 0.2) is 0 Å². The normalized spacial score (nSPS) is 25.2. The van der Waals surface area contributed by atoms with Gasteiger partial charge < -0.3 is 9.64 Å². The maximum absolute atomic E-state index is 5.87. The van der Waals surface area contributed by atoms with Crippen LogP contribution in [0.2, 0.25) is 0 Å². The van der Waals surface area contributed by atoms with Gasteiger partial charge in [-0.1, -0.05) is 5.21 Å². The average Bonchev–Trinajstić information content (AvgIpc) is 3.04. The highest BCUT2D eigenvalue weighted by atomic mass is 16.5. The van der Waals surface area contributed by atoms with Crippen LogP contribution < -0.4 is 4.90 Å². The van der Waals surface area contributed by atoms with Crippen LogP contribution in [0.1, 0.15) is 17.4 Å². The van der Waals surface area contributed by atoms with E-state index in [0.29, 0.717) is 6.61 Å². The van der Waals surface area contributed by atoms with Crippen LogP contribution in [0, 0.1) is 6.92 Å². The summed E-state index contributed by atoms with van der Waals surface area (Å²) >= 11 is 0. The van der Waals surface area contributed by atoms with Crippen molar-refractivity contribution in [3.63, 3.8) is 0 Å². The summed E-state index contributed by atoms with van der Waals surface area (Å²) in [7, 11) is 0. The first-order valence-corrected chi connectivity index (χ1v) is 6.36. The minimum absolute atomic E-state index is 0.137. The van der Waals surface area contributed by atoms with Gasteiger partial charge >= 0.3 is 0 Å². The summed E-state index contributed by atoms with van der Waals surface area (Å²) in [6, 6.07) is 2.11. The van der Waals surface area contributed by atoms with Crippen LogP contribution in [0.3, 0.4) is 0 Å². The lowest BCUT2D eigenvalue weighted by Gasteiger charge is -2.25. The Morgan fingerprint density at radius 3 is 3.21 bits per heavy atom. The third kappa shape index (κ3) is 1.69. The molecule has 0 amide bonds. The van der Waals surface area contributed by atoms with Crippen LogP contribution in [0.5, 0.6) is 0 Å². The molecule has 2 atom stereocenters. The quantitative estimate of drug-likeness (QED) is 0.734. The predicted octanol–water partition coefficient (Wildman–Crippen LogP) is 0.337. The number of fused-ring (bicyclic) bond motifs is 3.